The molecule has 0 spiro atoms. The Balaban J connectivity index is 2.32. The van der Waals surface area contributed by atoms with E-state index in [2.05, 4.69) is 26.2 Å². The molecule has 1 heterocycles. The van der Waals surface area contributed by atoms with Crippen LogP contribution in [0.2, 0.25) is 0 Å². The fourth-order valence-electron chi connectivity index (χ4n) is 0.967. The van der Waals surface area contributed by atoms with E-state index in [0.717, 1.165) is 10.2 Å². The van der Waals surface area contributed by atoms with Gasteiger partial charge in [0, 0.05) is 31.3 Å². The summed E-state index contributed by atoms with van der Waals surface area (Å²) in [5.41, 5.74) is 0.921. The van der Waals surface area contributed by atoms with Crippen LogP contribution in [0.4, 0.5) is 0 Å². The lowest BCUT2D eigenvalue weighted by Crippen LogP contribution is -2.32. The van der Waals surface area contributed by atoms with Gasteiger partial charge in [-0.15, -0.1) is 0 Å². The van der Waals surface area contributed by atoms with E-state index in [1.165, 1.54) is 0 Å². The van der Waals surface area contributed by atoms with Crippen LogP contribution in [0, 0.1) is 0 Å². The predicted octanol–water partition coefficient (Wildman–Crippen LogP) is 1.02. The number of hydrogen-bond donors (Lipinski definition) is 1. The Morgan fingerprint density at radius 3 is 2.80 bits per heavy atom. The number of hydrogen-bond acceptors (Lipinski definition) is 3. The van der Waals surface area contributed by atoms with Crippen LogP contribution in [-0.2, 0) is 11.3 Å². The second-order valence-electron chi connectivity index (χ2n) is 3.36. The minimum absolute atomic E-state index is 0.0621. The summed E-state index contributed by atoms with van der Waals surface area (Å²) in [6.07, 6.45) is 1.74. The van der Waals surface area contributed by atoms with Crippen LogP contribution in [0.3, 0.4) is 0 Å². The Kier molecular flexibility index (Phi) is 4.71. The van der Waals surface area contributed by atoms with Gasteiger partial charge in [0.25, 0.3) is 0 Å². The van der Waals surface area contributed by atoms with E-state index in [-0.39, 0.29) is 5.91 Å². The summed E-state index contributed by atoms with van der Waals surface area (Å²) in [6, 6.07) is 3.84. The van der Waals surface area contributed by atoms with Gasteiger partial charge >= 0.3 is 0 Å². The van der Waals surface area contributed by atoms with Gasteiger partial charge in [0.2, 0.25) is 5.91 Å². The molecule has 0 aliphatic rings. The molecule has 1 amide bonds. The van der Waals surface area contributed by atoms with Crippen LogP contribution >= 0.6 is 15.9 Å². The van der Waals surface area contributed by atoms with E-state index < -0.39 is 0 Å². The lowest BCUT2D eigenvalue weighted by atomic mass is 10.3. The molecular weight excluding hydrogens is 258 g/mol. The van der Waals surface area contributed by atoms with Gasteiger partial charge in [0.15, 0.2) is 0 Å². The topological polar surface area (TPSA) is 45.2 Å². The quantitative estimate of drug-likeness (QED) is 0.890. The first kappa shape index (κ1) is 12.1. The molecule has 0 aromatic carbocycles. The number of nitrogens with one attached hydrogen (secondary N) is 1. The minimum atomic E-state index is 0.0621. The second-order valence-corrected chi connectivity index (χ2v) is 4.28. The molecular formula is C10H14BrN3O. The molecule has 1 N–H and O–H groups in total. The summed E-state index contributed by atoms with van der Waals surface area (Å²) in [6.45, 7) is 0.942. The van der Waals surface area contributed by atoms with E-state index in [0.29, 0.717) is 13.1 Å². The standard InChI is InChI=1S/C10H14BrN3O/c1-14(2)10(15)7-12-6-9-4-3-8(11)5-13-9/h3-5,12H,6-7H2,1-2H3. The van der Waals surface area contributed by atoms with Gasteiger partial charge < -0.3 is 10.2 Å². The average molecular weight is 272 g/mol. The molecule has 0 fully saturated rings. The van der Waals surface area contributed by atoms with Gasteiger partial charge in [0.05, 0.1) is 12.2 Å². The van der Waals surface area contributed by atoms with Crippen LogP contribution in [-0.4, -0.2) is 36.4 Å². The van der Waals surface area contributed by atoms with Crippen molar-refractivity contribution in [2.45, 2.75) is 6.54 Å². The summed E-state index contributed by atoms with van der Waals surface area (Å²) in [7, 11) is 3.48. The van der Waals surface area contributed by atoms with Crippen molar-refractivity contribution in [3.8, 4) is 0 Å². The molecule has 1 rings (SSSR count). The molecule has 82 valence electrons. The third-order valence-corrected chi connectivity index (χ3v) is 2.34. The van der Waals surface area contributed by atoms with Crippen molar-refractivity contribution in [1.82, 2.24) is 15.2 Å². The van der Waals surface area contributed by atoms with Crippen molar-refractivity contribution in [2.24, 2.45) is 0 Å². The molecule has 0 saturated heterocycles. The molecule has 0 aliphatic carbocycles. The monoisotopic (exact) mass is 271 g/mol. The highest BCUT2D eigenvalue weighted by atomic mass is 79.9. The van der Waals surface area contributed by atoms with E-state index >= 15 is 0 Å². The maximum Gasteiger partial charge on any atom is 0.236 e. The van der Waals surface area contributed by atoms with Crippen molar-refractivity contribution < 1.29 is 4.79 Å². The fourth-order valence-corrected chi connectivity index (χ4v) is 1.20. The molecule has 4 nitrogen and oxygen atoms in total. The fraction of sp³-hybridized carbons (Fsp3) is 0.400. The molecule has 0 unspecified atom stereocenters. The smallest absolute Gasteiger partial charge is 0.236 e. The molecule has 5 heteroatoms. The van der Waals surface area contributed by atoms with Gasteiger partial charge in [0.1, 0.15) is 0 Å². The molecule has 0 aliphatic heterocycles. The second kappa shape index (κ2) is 5.82. The summed E-state index contributed by atoms with van der Waals surface area (Å²) in [5, 5.41) is 3.03. The lowest BCUT2D eigenvalue weighted by Gasteiger charge is -2.10. The number of rotatable bonds is 4. The zero-order valence-electron chi connectivity index (χ0n) is 8.83. The first-order valence-corrected chi connectivity index (χ1v) is 5.40. The normalized spacial score (nSPS) is 10.1. The number of nitrogens with zero attached hydrogens (tertiary/aromatic N) is 2. The Morgan fingerprint density at radius 2 is 2.27 bits per heavy atom. The van der Waals surface area contributed by atoms with E-state index in [4.69, 9.17) is 0 Å². The first-order valence-electron chi connectivity index (χ1n) is 4.61. The summed E-state index contributed by atoms with van der Waals surface area (Å²) in [4.78, 5) is 17.0. The molecule has 15 heavy (non-hydrogen) atoms. The van der Waals surface area contributed by atoms with Crippen molar-refractivity contribution in [3.05, 3.63) is 28.5 Å². The van der Waals surface area contributed by atoms with Crippen LogP contribution in [0.1, 0.15) is 5.69 Å². The van der Waals surface area contributed by atoms with Crippen LogP contribution in [0.5, 0.6) is 0 Å². The SMILES string of the molecule is CN(C)C(=O)CNCc1ccc(Br)cn1. The summed E-state index contributed by atoms with van der Waals surface area (Å²) >= 11 is 3.31. The number of aromatic nitrogens is 1. The minimum Gasteiger partial charge on any atom is -0.348 e. The van der Waals surface area contributed by atoms with Crippen molar-refractivity contribution in [1.29, 1.82) is 0 Å². The van der Waals surface area contributed by atoms with Gasteiger partial charge in [-0.2, -0.15) is 0 Å². The third-order valence-electron chi connectivity index (χ3n) is 1.87. The van der Waals surface area contributed by atoms with Gasteiger partial charge in [-0.25, -0.2) is 0 Å². The number of amides is 1. The van der Waals surface area contributed by atoms with Crippen molar-refractivity contribution in [3.63, 3.8) is 0 Å². The van der Waals surface area contributed by atoms with Crippen LogP contribution in [0.15, 0.2) is 22.8 Å². The average Bonchev–Trinajstić information content (AvgIpc) is 2.20. The number of halogens is 1. The zero-order valence-corrected chi connectivity index (χ0v) is 10.4. The largest absolute Gasteiger partial charge is 0.348 e. The van der Waals surface area contributed by atoms with Crippen molar-refractivity contribution >= 4 is 21.8 Å². The zero-order chi connectivity index (χ0) is 11.3. The van der Waals surface area contributed by atoms with Gasteiger partial charge in [-0.3, -0.25) is 9.78 Å². The van der Waals surface area contributed by atoms with E-state index in [9.17, 15) is 4.79 Å². The van der Waals surface area contributed by atoms with E-state index in [1.807, 2.05) is 12.1 Å². The Bertz CT molecular complexity index is 324. The molecule has 0 bridgehead atoms. The molecule has 0 radical (unpaired) electrons. The molecule has 1 aromatic rings. The lowest BCUT2D eigenvalue weighted by molar-refractivity contribution is -0.127. The number of pyridine rings is 1. The number of carbonyl (C=O) groups excluding carboxylic acids is 1. The van der Waals surface area contributed by atoms with Crippen molar-refractivity contribution in [2.75, 3.05) is 20.6 Å². The van der Waals surface area contributed by atoms with Crippen LogP contribution < -0.4 is 5.32 Å². The molecule has 1 aromatic heterocycles. The summed E-state index contributed by atoms with van der Waals surface area (Å²) in [5.74, 6) is 0.0621. The van der Waals surface area contributed by atoms with Gasteiger partial charge in [-0.05, 0) is 28.1 Å². The Hall–Kier alpha value is -0.940. The highest BCUT2D eigenvalue weighted by Gasteiger charge is 2.02. The first-order chi connectivity index (χ1) is 7.09. The van der Waals surface area contributed by atoms with Gasteiger partial charge in [-0.1, -0.05) is 0 Å². The summed E-state index contributed by atoms with van der Waals surface area (Å²) < 4.78 is 0.954. The highest BCUT2D eigenvalue weighted by Crippen LogP contribution is 2.06. The maximum absolute atomic E-state index is 11.2. The van der Waals surface area contributed by atoms with Crippen LogP contribution in [0.25, 0.3) is 0 Å². The highest BCUT2D eigenvalue weighted by molar-refractivity contribution is 9.10. The molecule has 0 atom stereocenters. The predicted molar refractivity (Wildman–Crippen MR) is 62.3 cm³/mol. The number of likely N-dealkylation sites (N-methyl/N-ethyl adjacent to an activating group) is 1. The Labute approximate surface area is 97.8 Å². The van der Waals surface area contributed by atoms with E-state index in [1.54, 1.807) is 25.2 Å². The number of carbonyl (C=O) groups is 1. The third kappa shape index (κ3) is 4.40. The Morgan fingerprint density at radius 1 is 1.53 bits per heavy atom. The molecule has 0 saturated carbocycles. The maximum atomic E-state index is 11.2.